The number of hydrogen-bond acceptors (Lipinski definition) is 3. The highest BCUT2D eigenvalue weighted by atomic mass is 19.3. The number of carbonyl (C=O) groups is 1. The summed E-state index contributed by atoms with van der Waals surface area (Å²) >= 11 is 0. The lowest BCUT2D eigenvalue weighted by Gasteiger charge is -2.34. The largest absolute Gasteiger partial charge is 0.325 e. The molecule has 0 spiro atoms. The monoisotopic (exact) mass is 487 g/mol. The second-order valence-corrected chi connectivity index (χ2v) is 8.83. The number of amides is 1. The summed E-state index contributed by atoms with van der Waals surface area (Å²) in [5.41, 5.74) is 1.31. The molecule has 2 aliphatic rings. The SMILES string of the molecule is Cn1nc2c(c1-c1cc(F)c(F)c(F)c1)C[C@@H]1CC[C@H]2N1C(=O)c1c(C(F)F)nc2ccccn12. The van der Waals surface area contributed by atoms with Crippen molar-refractivity contribution >= 4 is 11.6 Å². The number of rotatable bonds is 3. The van der Waals surface area contributed by atoms with Crippen LogP contribution in [0.3, 0.4) is 0 Å². The van der Waals surface area contributed by atoms with Crippen molar-refractivity contribution in [3.05, 3.63) is 76.6 Å². The van der Waals surface area contributed by atoms with E-state index < -0.39 is 41.5 Å². The minimum Gasteiger partial charge on any atom is -0.325 e. The van der Waals surface area contributed by atoms with Crippen LogP contribution < -0.4 is 0 Å². The van der Waals surface area contributed by atoms with Gasteiger partial charge in [0, 0.05) is 30.4 Å². The zero-order valence-corrected chi connectivity index (χ0v) is 18.4. The summed E-state index contributed by atoms with van der Waals surface area (Å²) in [7, 11) is 1.60. The minimum absolute atomic E-state index is 0.138. The first kappa shape index (κ1) is 21.8. The van der Waals surface area contributed by atoms with Crippen LogP contribution in [0, 0.1) is 17.5 Å². The third-order valence-corrected chi connectivity index (χ3v) is 6.89. The van der Waals surface area contributed by atoms with Crippen molar-refractivity contribution in [3.8, 4) is 11.3 Å². The third-order valence-electron chi connectivity index (χ3n) is 6.89. The zero-order valence-electron chi connectivity index (χ0n) is 18.4. The van der Waals surface area contributed by atoms with Gasteiger partial charge in [-0.3, -0.25) is 13.9 Å². The fourth-order valence-corrected chi connectivity index (χ4v) is 5.51. The van der Waals surface area contributed by atoms with Gasteiger partial charge in [-0.15, -0.1) is 0 Å². The van der Waals surface area contributed by atoms with E-state index in [2.05, 4.69) is 10.1 Å². The molecular formula is C24H18F5N5O. The Morgan fingerprint density at radius 1 is 1.11 bits per heavy atom. The molecule has 2 aliphatic heterocycles. The van der Waals surface area contributed by atoms with Crippen molar-refractivity contribution < 1.29 is 26.7 Å². The number of halogens is 5. The predicted octanol–water partition coefficient (Wildman–Crippen LogP) is 4.99. The number of aromatic nitrogens is 4. The van der Waals surface area contributed by atoms with Gasteiger partial charge >= 0.3 is 0 Å². The van der Waals surface area contributed by atoms with E-state index in [1.165, 1.54) is 15.3 Å². The molecule has 1 saturated heterocycles. The number of imidazole rings is 1. The average Bonchev–Trinajstić information content (AvgIpc) is 3.48. The van der Waals surface area contributed by atoms with Gasteiger partial charge in [0.05, 0.1) is 17.4 Å². The molecule has 1 aromatic carbocycles. The van der Waals surface area contributed by atoms with E-state index in [-0.39, 0.29) is 22.9 Å². The standard InChI is InChI=1S/C24H18F5N5O/c1-32-21(11-8-14(25)18(27)15(26)9-11)13-10-12-5-6-16(19(13)31-32)34(12)24(35)22-20(23(28)29)30-17-4-2-3-7-33(17)22/h2-4,7-9,12,16,23H,5-6,10H2,1H3/t12-,16+/m0/s1. The Bertz CT molecular complexity index is 1490. The van der Waals surface area contributed by atoms with Crippen LogP contribution >= 0.6 is 0 Å². The van der Waals surface area contributed by atoms with Crippen LogP contribution in [-0.2, 0) is 13.5 Å². The molecule has 11 heteroatoms. The maximum atomic E-state index is 14.0. The van der Waals surface area contributed by atoms with Gasteiger partial charge in [0.25, 0.3) is 12.3 Å². The number of carbonyl (C=O) groups excluding carboxylic acids is 1. The summed E-state index contributed by atoms with van der Waals surface area (Å²) in [5, 5.41) is 4.54. The van der Waals surface area contributed by atoms with Crippen molar-refractivity contribution in [3.63, 3.8) is 0 Å². The Kier molecular flexibility index (Phi) is 4.74. The summed E-state index contributed by atoms with van der Waals surface area (Å²) in [5.74, 6) is -4.73. The summed E-state index contributed by atoms with van der Waals surface area (Å²) in [6, 6.07) is 5.86. The first-order valence-electron chi connectivity index (χ1n) is 11.0. The van der Waals surface area contributed by atoms with Crippen LogP contribution in [0.4, 0.5) is 22.0 Å². The normalized spacial score (nSPS) is 19.1. The van der Waals surface area contributed by atoms with E-state index in [1.807, 2.05) is 0 Å². The van der Waals surface area contributed by atoms with E-state index in [1.54, 1.807) is 30.1 Å². The molecule has 2 bridgehead atoms. The fourth-order valence-electron chi connectivity index (χ4n) is 5.51. The molecule has 1 fully saturated rings. The number of pyridine rings is 1. The third kappa shape index (κ3) is 3.10. The first-order chi connectivity index (χ1) is 16.8. The van der Waals surface area contributed by atoms with Crippen molar-refractivity contribution in [2.24, 2.45) is 7.05 Å². The topological polar surface area (TPSA) is 55.4 Å². The highest BCUT2D eigenvalue weighted by molar-refractivity contribution is 5.96. The Hall–Kier alpha value is -3.76. The van der Waals surface area contributed by atoms with Crippen LogP contribution in [0.25, 0.3) is 16.9 Å². The summed E-state index contributed by atoms with van der Waals surface area (Å²) in [6.45, 7) is 0. The highest BCUT2D eigenvalue weighted by Gasteiger charge is 2.47. The van der Waals surface area contributed by atoms with Gasteiger partial charge in [-0.05, 0) is 43.5 Å². The number of alkyl halides is 2. The van der Waals surface area contributed by atoms with Gasteiger partial charge in [0.2, 0.25) is 0 Å². The molecule has 3 aromatic heterocycles. The molecule has 4 aromatic rings. The zero-order chi connectivity index (χ0) is 24.6. The minimum atomic E-state index is -2.93. The van der Waals surface area contributed by atoms with Crippen LogP contribution in [0.15, 0.2) is 36.5 Å². The van der Waals surface area contributed by atoms with Gasteiger partial charge < -0.3 is 4.90 Å². The van der Waals surface area contributed by atoms with Gasteiger partial charge in [-0.1, -0.05) is 6.07 Å². The molecule has 35 heavy (non-hydrogen) atoms. The fraction of sp³-hybridized carbons (Fsp3) is 0.292. The van der Waals surface area contributed by atoms with E-state index in [9.17, 15) is 26.7 Å². The molecule has 6 nitrogen and oxygen atoms in total. The maximum absolute atomic E-state index is 14.0. The molecule has 0 unspecified atom stereocenters. The lowest BCUT2D eigenvalue weighted by molar-refractivity contribution is 0.0622. The number of benzene rings is 1. The Morgan fingerprint density at radius 3 is 2.57 bits per heavy atom. The lowest BCUT2D eigenvalue weighted by Crippen LogP contribution is -2.42. The predicted molar refractivity (Wildman–Crippen MR) is 114 cm³/mol. The first-order valence-corrected chi connectivity index (χ1v) is 11.0. The molecule has 1 amide bonds. The molecule has 0 aliphatic carbocycles. The maximum Gasteiger partial charge on any atom is 0.282 e. The smallest absolute Gasteiger partial charge is 0.282 e. The number of nitrogens with zero attached hydrogens (tertiary/aromatic N) is 5. The average molecular weight is 487 g/mol. The van der Waals surface area contributed by atoms with E-state index in [0.717, 1.165) is 12.1 Å². The highest BCUT2D eigenvalue weighted by Crippen LogP contribution is 2.47. The molecule has 6 rings (SSSR count). The van der Waals surface area contributed by atoms with E-state index in [0.29, 0.717) is 36.2 Å². The molecule has 180 valence electrons. The van der Waals surface area contributed by atoms with Crippen LogP contribution in [0.2, 0.25) is 0 Å². The Labute approximate surface area is 195 Å². The summed E-state index contributed by atoms with van der Waals surface area (Å²) in [6.07, 6.45) is 0.0870. The molecule has 5 heterocycles. The second-order valence-electron chi connectivity index (χ2n) is 8.83. The van der Waals surface area contributed by atoms with Gasteiger partial charge in [-0.2, -0.15) is 5.10 Å². The van der Waals surface area contributed by atoms with E-state index in [4.69, 9.17) is 0 Å². The Morgan fingerprint density at radius 2 is 1.86 bits per heavy atom. The molecule has 0 saturated carbocycles. The Balaban J connectivity index is 1.45. The van der Waals surface area contributed by atoms with Crippen molar-refractivity contribution in [1.82, 2.24) is 24.1 Å². The second kappa shape index (κ2) is 7.62. The van der Waals surface area contributed by atoms with E-state index >= 15 is 0 Å². The summed E-state index contributed by atoms with van der Waals surface area (Å²) in [4.78, 5) is 19.3. The van der Waals surface area contributed by atoms with Gasteiger partial charge in [0.1, 0.15) is 17.0 Å². The molecule has 0 N–H and O–H groups in total. The van der Waals surface area contributed by atoms with Crippen molar-refractivity contribution in [2.45, 2.75) is 37.8 Å². The summed E-state index contributed by atoms with van der Waals surface area (Å²) < 4.78 is 71.9. The van der Waals surface area contributed by atoms with Gasteiger partial charge in [0.15, 0.2) is 17.5 Å². The number of fused-ring (bicyclic) bond motifs is 5. The van der Waals surface area contributed by atoms with Crippen LogP contribution in [0.1, 0.15) is 52.7 Å². The van der Waals surface area contributed by atoms with Crippen molar-refractivity contribution in [1.29, 1.82) is 0 Å². The molecule has 2 atom stereocenters. The molecular weight excluding hydrogens is 469 g/mol. The quantitative estimate of drug-likeness (QED) is 0.302. The number of hydrogen-bond donors (Lipinski definition) is 0. The number of aryl methyl sites for hydroxylation is 1. The molecule has 0 radical (unpaired) electrons. The van der Waals surface area contributed by atoms with Crippen LogP contribution in [-0.4, -0.2) is 36.0 Å². The van der Waals surface area contributed by atoms with Crippen LogP contribution in [0.5, 0.6) is 0 Å². The van der Waals surface area contributed by atoms with Gasteiger partial charge in [-0.25, -0.2) is 26.9 Å². The lowest BCUT2D eigenvalue weighted by atomic mass is 9.94. The van der Waals surface area contributed by atoms with Crippen molar-refractivity contribution in [2.75, 3.05) is 0 Å².